The zero-order valence-electron chi connectivity index (χ0n) is 20.3. The van der Waals surface area contributed by atoms with Gasteiger partial charge in [-0.25, -0.2) is 0 Å². The Morgan fingerprint density at radius 3 is 2.34 bits per heavy atom. The second-order valence-electron chi connectivity index (χ2n) is 7.83. The molecule has 172 valence electrons. The first kappa shape index (κ1) is 25.3. The minimum absolute atomic E-state index is 0.313. The van der Waals surface area contributed by atoms with E-state index in [1.165, 1.54) is 24.0 Å². The largest absolute Gasteiger partial charge is 0.399 e. The van der Waals surface area contributed by atoms with Gasteiger partial charge < -0.3 is 10.6 Å². The number of benzene rings is 2. The lowest BCUT2D eigenvalue weighted by molar-refractivity contribution is -0.129. The summed E-state index contributed by atoms with van der Waals surface area (Å²) in [7, 11) is 0. The van der Waals surface area contributed by atoms with Crippen molar-refractivity contribution in [2.45, 2.75) is 66.7 Å². The molecule has 1 aromatic heterocycles. The highest BCUT2D eigenvalue weighted by molar-refractivity contribution is 5.94. The third kappa shape index (κ3) is 6.52. The summed E-state index contributed by atoms with van der Waals surface area (Å²) in [5, 5.41) is 0. The van der Waals surface area contributed by atoms with Crippen LogP contribution in [0.2, 0.25) is 0 Å². The number of nitrogen functional groups attached to an aromatic ring is 1. The van der Waals surface area contributed by atoms with Crippen molar-refractivity contribution in [3.63, 3.8) is 0 Å². The van der Waals surface area contributed by atoms with Crippen LogP contribution < -0.4 is 5.73 Å². The van der Waals surface area contributed by atoms with Crippen molar-refractivity contribution in [2.75, 3.05) is 18.8 Å². The molecule has 0 bridgehead atoms. The monoisotopic (exact) mass is 434 g/mol. The van der Waals surface area contributed by atoms with Crippen LogP contribution in [-0.4, -0.2) is 33.9 Å². The van der Waals surface area contributed by atoms with E-state index in [0.29, 0.717) is 18.0 Å². The number of nitrogens with zero attached hydrogens (tertiary/aromatic N) is 3. The maximum Gasteiger partial charge on any atom is 0.222 e. The highest BCUT2D eigenvalue weighted by atomic mass is 16.2. The summed E-state index contributed by atoms with van der Waals surface area (Å²) in [6.45, 7) is 12.3. The van der Waals surface area contributed by atoms with Crippen LogP contribution in [0.15, 0.2) is 42.7 Å². The van der Waals surface area contributed by atoms with Crippen LogP contribution in [0.1, 0.15) is 64.5 Å². The Bertz CT molecular complexity index is 1010. The van der Waals surface area contributed by atoms with Gasteiger partial charge in [-0.05, 0) is 55.0 Å². The van der Waals surface area contributed by atoms with Crippen molar-refractivity contribution >= 4 is 22.6 Å². The van der Waals surface area contributed by atoms with Crippen molar-refractivity contribution < 1.29 is 4.79 Å². The summed E-state index contributed by atoms with van der Waals surface area (Å²) in [5.74, 6) is 0.313. The number of hydrogen-bond acceptors (Lipinski definition) is 4. The van der Waals surface area contributed by atoms with Crippen LogP contribution >= 0.6 is 0 Å². The molecule has 4 rings (SSSR count). The number of carbonyl (C=O) groups is 1. The summed E-state index contributed by atoms with van der Waals surface area (Å²) in [6, 6.07) is 10.4. The van der Waals surface area contributed by atoms with Crippen LogP contribution in [0, 0.1) is 6.92 Å². The number of amides is 1. The second-order valence-corrected chi connectivity index (χ2v) is 7.83. The number of anilines is 1. The topological polar surface area (TPSA) is 72.1 Å². The van der Waals surface area contributed by atoms with Crippen LogP contribution in [0.5, 0.6) is 0 Å². The van der Waals surface area contributed by atoms with E-state index in [2.05, 4.69) is 42.0 Å². The minimum Gasteiger partial charge on any atom is -0.399 e. The van der Waals surface area contributed by atoms with E-state index in [1.807, 2.05) is 37.8 Å². The van der Waals surface area contributed by atoms with Gasteiger partial charge in [-0.1, -0.05) is 52.3 Å². The van der Waals surface area contributed by atoms with Gasteiger partial charge >= 0.3 is 0 Å². The zero-order valence-corrected chi connectivity index (χ0v) is 20.3. The van der Waals surface area contributed by atoms with Crippen LogP contribution in [0.4, 0.5) is 5.69 Å². The van der Waals surface area contributed by atoms with Crippen LogP contribution in [0.3, 0.4) is 0 Å². The molecule has 0 aliphatic carbocycles. The van der Waals surface area contributed by atoms with Gasteiger partial charge in [0.2, 0.25) is 5.91 Å². The normalized spacial score (nSPS) is 12.6. The SMILES string of the molecule is CC.CCC(=O)N1CCCC1.CCCc1ccc(-c2cc(N)cc3nccnc23)cc1C. The van der Waals surface area contributed by atoms with Gasteiger partial charge in [0.05, 0.1) is 11.0 Å². The number of aryl methyl sites for hydroxylation is 2. The molecule has 0 atom stereocenters. The molecule has 1 amide bonds. The van der Waals surface area contributed by atoms with Crippen LogP contribution in [0.25, 0.3) is 22.2 Å². The smallest absolute Gasteiger partial charge is 0.222 e. The molecule has 0 spiro atoms. The Kier molecular flexibility index (Phi) is 10.1. The molecule has 1 aliphatic rings. The molecule has 2 heterocycles. The Morgan fingerprint density at radius 2 is 1.72 bits per heavy atom. The Hall–Kier alpha value is -2.95. The van der Waals surface area contributed by atoms with E-state index in [-0.39, 0.29) is 0 Å². The third-order valence-electron chi connectivity index (χ3n) is 5.53. The first-order chi connectivity index (χ1) is 15.5. The second kappa shape index (κ2) is 12.8. The molecule has 0 saturated carbocycles. The van der Waals surface area contributed by atoms with Gasteiger partial charge in [-0.2, -0.15) is 0 Å². The molecule has 3 aromatic rings. The molecule has 1 aliphatic heterocycles. The highest BCUT2D eigenvalue weighted by Crippen LogP contribution is 2.30. The van der Waals surface area contributed by atoms with Crippen molar-refractivity contribution in [1.29, 1.82) is 0 Å². The third-order valence-corrected chi connectivity index (χ3v) is 5.53. The van der Waals surface area contributed by atoms with E-state index < -0.39 is 0 Å². The molecule has 5 nitrogen and oxygen atoms in total. The van der Waals surface area contributed by atoms with Crippen molar-refractivity contribution in [3.8, 4) is 11.1 Å². The summed E-state index contributed by atoms with van der Waals surface area (Å²) >= 11 is 0. The van der Waals surface area contributed by atoms with Gasteiger partial charge in [-0.3, -0.25) is 14.8 Å². The predicted octanol–water partition coefficient (Wildman–Crippen LogP) is 6.18. The Morgan fingerprint density at radius 1 is 1.03 bits per heavy atom. The lowest BCUT2D eigenvalue weighted by Crippen LogP contribution is -2.26. The van der Waals surface area contributed by atoms with Gasteiger partial charge in [0.15, 0.2) is 0 Å². The average molecular weight is 435 g/mol. The number of likely N-dealkylation sites (tertiary alicyclic amines) is 1. The molecular formula is C27H38N4O. The fourth-order valence-corrected chi connectivity index (χ4v) is 3.92. The number of rotatable bonds is 4. The molecule has 5 heteroatoms. The quantitative estimate of drug-likeness (QED) is 0.497. The van der Waals surface area contributed by atoms with Crippen molar-refractivity contribution in [3.05, 3.63) is 53.9 Å². The maximum absolute atomic E-state index is 10.9. The van der Waals surface area contributed by atoms with E-state index in [0.717, 1.165) is 48.1 Å². The number of nitrogens with two attached hydrogens (primary N) is 1. The van der Waals surface area contributed by atoms with E-state index in [1.54, 1.807) is 12.4 Å². The minimum atomic E-state index is 0.313. The first-order valence-corrected chi connectivity index (χ1v) is 11.9. The molecule has 1 saturated heterocycles. The molecule has 32 heavy (non-hydrogen) atoms. The highest BCUT2D eigenvalue weighted by Gasteiger charge is 2.15. The summed E-state index contributed by atoms with van der Waals surface area (Å²) < 4.78 is 0. The lowest BCUT2D eigenvalue weighted by atomic mass is 9.96. The first-order valence-electron chi connectivity index (χ1n) is 11.9. The number of fused-ring (bicyclic) bond motifs is 1. The van der Waals surface area contributed by atoms with E-state index in [4.69, 9.17) is 5.73 Å². The van der Waals surface area contributed by atoms with Crippen LogP contribution in [-0.2, 0) is 11.2 Å². The van der Waals surface area contributed by atoms with Gasteiger partial charge in [0.1, 0.15) is 0 Å². The fourth-order valence-electron chi connectivity index (χ4n) is 3.92. The molecule has 2 aromatic carbocycles. The Labute approximate surface area is 193 Å². The summed E-state index contributed by atoms with van der Waals surface area (Å²) in [6.07, 6.45) is 8.76. The van der Waals surface area contributed by atoms with E-state index >= 15 is 0 Å². The van der Waals surface area contributed by atoms with Crippen molar-refractivity contribution in [1.82, 2.24) is 14.9 Å². The van der Waals surface area contributed by atoms with Gasteiger partial charge in [0.25, 0.3) is 0 Å². The van der Waals surface area contributed by atoms with Gasteiger partial charge in [0, 0.05) is 43.2 Å². The fraction of sp³-hybridized carbons (Fsp3) is 0.444. The molecule has 0 unspecified atom stereocenters. The number of aromatic nitrogens is 2. The lowest BCUT2D eigenvalue weighted by Gasteiger charge is -2.12. The number of hydrogen-bond donors (Lipinski definition) is 1. The molecule has 1 fully saturated rings. The molecular weight excluding hydrogens is 396 g/mol. The van der Waals surface area contributed by atoms with Gasteiger partial charge in [-0.15, -0.1) is 0 Å². The zero-order chi connectivity index (χ0) is 23.5. The number of carbonyl (C=O) groups excluding carboxylic acids is 1. The Balaban J connectivity index is 0.000000277. The molecule has 0 radical (unpaired) electrons. The van der Waals surface area contributed by atoms with Crippen molar-refractivity contribution in [2.24, 2.45) is 0 Å². The predicted molar refractivity (Wildman–Crippen MR) is 136 cm³/mol. The van der Waals surface area contributed by atoms with E-state index in [9.17, 15) is 4.79 Å². The summed E-state index contributed by atoms with van der Waals surface area (Å²) in [4.78, 5) is 21.7. The average Bonchev–Trinajstić information content (AvgIpc) is 3.36. The summed E-state index contributed by atoms with van der Waals surface area (Å²) in [5.41, 5.74) is 13.4. The standard InChI is InChI=1S/C18H19N3.C7H13NO.C2H6/c1-3-4-13-5-6-14(9-12(13)2)16-10-15(19)11-17-18(16)21-8-7-20-17;1-2-7(9)8-5-3-4-6-8;1-2/h5-11H,3-4,19H2,1-2H3;2-6H2,1H3;1-2H3. The maximum atomic E-state index is 10.9. The molecule has 2 N–H and O–H groups in total.